The Morgan fingerprint density at radius 3 is 2.57 bits per heavy atom. The van der Waals surface area contributed by atoms with Crippen molar-refractivity contribution in [2.45, 2.75) is 81.4 Å². The van der Waals surface area contributed by atoms with Crippen LogP contribution >= 0.6 is 11.6 Å². The minimum absolute atomic E-state index is 0.0656. The van der Waals surface area contributed by atoms with Crippen LogP contribution in [0, 0.1) is 0 Å². The van der Waals surface area contributed by atoms with Gasteiger partial charge in [-0.15, -0.1) is 24.8 Å². The van der Waals surface area contributed by atoms with Crippen LogP contribution in [-0.4, -0.2) is 80.5 Å². The molecule has 2 rings (SSSR count). The highest BCUT2D eigenvalue weighted by molar-refractivity contribution is 6.21. The van der Waals surface area contributed by atoms with Crippen LogP contribution in [0.3, 0.4) is 0 Å². The van der Waals surface area contributed by atoms with Gasteiger partial charge in [0.05, 0.1) is 17.6 Å². The van der Waals surface area contributed by atoms with Gasteiger partial charge in [-0.1, -0.05) is 0 Å². The monoisotopic (exact) mass is 458 g/mol. The summed E-state index contributed by atoms with van der Waals surface area (Å²) in [6.45, 7) is 3.90. The van der Waals surface area contributed by atoms with Crippen molar-refractivity contribution >= 4 is 17.6 Å². The van der Waals surface area contributed by atoms with Gasteiger partial charge in [-0.05, 0) is 66.2 Å². The number of hydrogen-bond donors (Lipinski definition) is 5. The number of alkyl halides is 4. The summed E-state index contributed by atoms with van der Waals surface area (Å²) in [5.74, 6) is 0. The first-order valence-electron chi connectivity index (χ1n) is 10.4. The Morgan fingerprint density at radius 2 is 1.93 bits per heavy atom. The summed E-state index contributed by atoms with van der Waals surface area (Å²) in [6, 6.07) is -0.504. The Hall–Kier alpha value is -0.850. The van der Waals surface area contributed by atoms with Gasteiger partial charge in [0.15, 0.2) is 0 Å². The second-order valence-electron chi connectivity index (χ2n) is 8.31. The van der Waals surface area contributed by atoms with Gasteiger partial charge in [0.25, 0.3) is 0 Å². The predicted molar refractivity (Wildman–Crippen MR) is 109 cm³/mol. The molecule has 0 aromatic rings. The van der Waals surface area contributed by atoms with E-state index in [0.717, 1.165) is 25.9 Å². The Labute approximate surface area is 181 Å². The van der Waals surface area contributed by atoms with E-state index in [0.29, 0.717) is 6.42 Å². The molecule has 1 saturated heterocycles. The van der Waals surface area contributed by atoms with Crippen LogP contribution in [0.25, 0.3) is 0 Å². The Morgan fingerprint density at radius 1 is 1.20 bits per heavy atom. The molecule has 1 saturated carbocycles. The molecule has 2 fully saturated rings. The molecule has 12 heteroatoms. The number of carbonyl (C=O) groups is 1. The van der Waals surface area contributed by atoms with E-state index in [2.05, 4.69) is 36.2 Å². The van der Waals surface area contributed by atoms with Gasteiger partial charge in [-0.3, -0.25) is 15.4 Å². The molecule has 1 aliphatic carbocycles. The molecule has 8 nitrogen and oxygen atoms in total. The zero-order valence-corrected chi connectivity index (χ0v) is 18.4. The Balaban J connectivity index is 1.72. The van der Waals surface area contributed by atoms with Crippen LogP contribution in [-0.2, 0) is 4.74 Å². The Kier molecular flexibility index (Phi) is 9.89. The van der Waals surface area contributed by atoms with Crippen molar-refractivity contribution in [3.8, 4) is 0 Å². The molecule has 176 valence electrons. The average Bonchev–Trinajstić information content (AvgIpc) is 2.59. The largest absolute Gasteiger partial charge is 0.522 e. The average molecular weight is 459 g/mol. The number of halogens is 4. The Bertz CT molecular complexity index is 543. The third-order valence-electron chi connectivity index (χ3n) is 5.19. The number of rotatable bonds is 8. The third kappa shape index (κ3) is 9.52. The molecule has 0 aromatic heterocycles. The fourth-order valence-corrected chi connectivity index (χ4v) is 4.19. The van der Waals surface area contributed by atoms with E-state index in [-0.39, 0.29) is 31.1 Å². The topological polar surface area (TPSA) is 89.7 Å². The molecular formula is C18H34ClF3N6O2. The molecule has 1 heterocycles. The number of ether oxygens (including phenoxy) is 1. The number of carbonyl (C=O) groups excluding carboxylic acids is 1. The van der Waals surface area contributed by atoms with Crippen molar-refractivity contribution in [1.82, 2.24) is 31.5 Å². The normalized spacial score (nSPS) is 32.8. The first-order chi connectivity index (χ1) is 14.0. The van der Waals surface area contributed by atoms with Gasteiger partial charge in [0.2, 0.25) is 0 Å². The molecule has 0 radical (unpaired) electrons. The van der Waals surface area contributed by atoms with Crippen LogP contribution in [0.1, 0.15) is 39.0 Å². The fourth-order valence-electron chi connectivity index (χ4n) is 3.80. The van der Waals surface area contributed by atoms with E-state index in [9.17, 15) is 18.0 Å². The molecule has 6 atom stereocenters. The lowest BCUT2D eigenvalue weighted by Crippen LogP contribution is -2.68. The van der Waals surface area contributed by atoms with E-state index in [1.54, 1.807) is 0 Å². The SMILES string of the molecule is CC1CC(NCCCN(C)C)NC(NC(=O)NC2CCC(OC(F)(F)F)C(Cl)C2)N1. The summed E-state index contributed by atoms with van der Waals surface area (Å²) in [7, 11) is 4.07. The van der Waals surface area contributed by atoms with Crippen molar-refractivity contribution in [1.29, 1.82) is 0 Å². The number of urea groups is 1. The molecule has 2 aliphatic rings. The minimum Gasteiger partial charge on any atom is -0.335 e. The number of hydrogen-bond acceptors (Lipinski definition) is 6. The summed E-state index contributed by atoms with van der Waals surface area (Å²) < 4.78 is 41.2. The number of amides is 2. The molecular weight excluding hydrogens is 425 g/mol. The molecule has 0 spiro atoms. The maximum atomic E-state index is 12.4. The lowest BCUT2D eigenvalue weighted by molar-refractivity contribution is -0.344. The van der Waals surface area contributed by atoms with Crippen LogP contribution in [0.15, 0.2) is 0 Å². The van der Waals surface area contributed by atoms with Crippen molar-refractivity contribution in [2.75, 3.05) is 27.2 Å². The molecule has 1 aliphatic heterocycles. The van der Waals surface area contributed by atoms with Gasteiger partial charge in [0, 0.05) is 12.1 Å². The zero-order chi connectivity index (χ0) is 22.3. The van der Waals surface area contributed by atoms with Gasteiger partial charge in [0.1, 0.15) is 6.29 Å². The molecule has 0 aromatic carbocycles. The molecule has 5 N–H and O–H groups in total. The highest BCUT2D eigenvalue weighted by Crippen LogP contribution is 2.31. The first-order valence-corrected chi connectivity index (χ1v) is 10.8. The van der Waals surface area contributed by atoms with Crippen LogP contribution in [0.2, 0.25) is 0 Å². The van der Waals surface area contributed by atoms with E-state index in [1.165, 1.54) is 0 Å². The van der Waals surface area contributed by atoms with E-state index in [4.69, 9.17) is 11.6 Å². The quantitative estimate of drug-likeness (QED) is 0.279. The number of nitrogens with one attached hydrogen (secondary N) is 5. The van der Waals surface area contributed by atoms with E-state index in [1.807, 2.05) is 21.0 Å². The third-order valence-corrected chi connectivity index (χ3v) is 5.65. The highest BCUT2D eigenvalue weighted by atomic mass is 35.5. The predicted octanol–water partition coefficient (Wildman–Crippen LogP) is 1.47. The van der Waals surface area contributed by atoms with E-state index >= 15 is 0 Å². The van der Waals surface area contributed by atoms with Crippen molar-refractivity contribution in [3.63, 3.8) is 0 Å². The zero-order valence-electron chi connectivity index (χ0n) is 17.7. The molecule has 2 amide bonds. The van der Waals surface area contributed by atoms with Gasteiger partial charge in [-0.2, -0.15) is 0 Å². The minimum atomic E-state index is -4.71. The maximum Gasteiger partial charge on any atom is 0.522 e. The fraction of sp³-hybridized carbons (Fsp3) is 0.944. The van der Waals surface area contributed by atoms with Gasteiger partial charge >= 0.3 is 12.4 Å². The molecule has 30 heavy (non-hydrogen) atoms. The highest BCUT2D eigenvalue weighted by Gasteiger charge is 2.39. The molecule has 0 bridgehead atoms. The first kappa shape index (κ1) is 25.4. The summed E-state index contributed by atoms with van der Waals surface area (Å²) in [5.41, 5.74) is 0. The summed E-state index contributed by atoms with van der Waals surface area (Å²) in [4.78, 5) is 14.5. The summed E-state index contributed by atoms with van der Waals surface area (Å²) in [5, 5.41) is 14.8. The van der Waals surface area contributed by atoms with Crippen molar-refractivity contribution < 1.29 is 22.7 Å². The van der Waals surface area contributed by atoms with E-state index < -0.39 is 30.2 Å². The number of nitrogens with zero attached hydrogens (tertiary/aromatic N) is 1. The second-order valence-corrected chi connectivity index (χ2v) is 8.87. The van der Waals surface area contributed by atoms with Gasteiger partial charge < -0.3 is 20.9 Å². The van der Waals surface area contributed by atoms with Gasteiger partial charge in [-0.25, -0.2) is 4.79 Å². The van der Waals surface area contributed by atoms with Crippen molar-refractivity contribution in [3.05, 3.63) is 0 Å². The standard InChI is InChI=1S/C18H34ClF3N6O2/c1-11-9-15(23-7-4-8-28(2)3)26-16(24-11)27-17(29)25-12-5-6-14(13(19)10-12)30-18(20,21)22/h11-16,23-24,26H,4-10H2,1-3H3,(H2,25,27,29). The smallest absolute Gasteiger partial charge is 0.335 e. The second kappa shape index (κ2) is 11.7. The van der Waals surface area contributed by atoms with Crippen LogP contribution in [0.4, 0.5) is 18.0 Å². The molecule has 6 unspecified atom stereocenters. The lowest BCUT2D eigenvalue weighted by Gasteiger charge is -2.38. The van der Waals surface area contributed by atoms with Crippen LogP contribution < -0.4 is 26.6 Å². The maximum absolute atomic E-state index is 12.4. The lowest BCUT2D eigenvalue weighted by atomic mass is 9.92. The van der Waals surface area contributed by atoms with Crippen molar-refractivity contribution in [2.24, 2.45) is 0 Å². The summed E-state index contributed by atoms with van der Waals surface area (Å²) >= 11 is 6.04. The summed E-state index contributed by atoms with van der Waals surface area (Å²) in [6.07, 6.45) is -3.54. The van der Waals surface area contributed by atoms with Crippen LogP contribution in [0.5, 0.6) is 0 Å².